The fourth-order valence-corrected chi connectivity index (χ4v) is 4.87. The number of ether oxygens (including phenoxy) is 1. The number of aromatic nitrogens is 1. The molecule has 1 saturated heterocycles. The maximum Gasteiger partial charge on any atom is 0.313 e. The van der Waals surface area contributed by atoms with E-state index >= 15 is 0 Å². The number of carbonyl (C=O) groups is 1. The summed E-state index contributed by atoms with van der Waals surface area (Å²) < 4.78 is 5.55. The number of likely N-dealkylation sites (tertiary alicyclic amines) is 1. The second kappa shape index (κ2) is 9.05. The van der Waals surface area contributed by atoms with E-state index in [1.54, 1.807) is 11.3 Å². The largest absolute Gasteiger partial charge is 0.466 e. The number of nitrogens with zero attached hydrogens (tertiary/aromatic N) is 3. The molecule has 2 aromatic rings. The quantitative estimate of drug-likeness (QED) is 0.659. The Morgan fingerprint density at radius 3 is 2.82 bits per heavy atom. The topological polar surface area (TPSA) is 45.7 Å². The molecular weight excluding hydrogens is 370 g/mol. The van der Waals surface area contributed by atoms with Gasteiger partial charge in [-0.25, -0.2) is 4.98 Å². The van der Waals surface area contributed by atoms with Gasteiger partial charge >= 0.3 is 5.97 Å². The Balaban J connectivity index is 1.80. The third-order valence-electron chi connectivity index (χ3n) is 5.46. The third-order valence-corrected chi connectivity index (χ3v) is 6.61. The second-order valence-corrected chi connectivity index (χ2v) is 9.02. The number of esters is 1. The third kappa shape index (κ3) is 4.73. The lowest BCUT2D eigenvalue weighted by Crippen LogP contribution is -2.49. The summed E-state index contributed by atoms with van der Waals surface area (Å²) in [7, 11) is 4.02. The van der Waals surface area contributed by atoms with Crippen molar-refractivity contribution in [2.75, 3.05) is 38.7 Å². The van der Waals surface area contributed by atoms with E-state index in [1.165, 1.54) is 16.0 Å². The van der Waals surface area contributed by atoms with Crippen molar-refractivity contribution < 1.29 is 9.53 Å². The maximum atomic E-state index is 13.1. The predicted octanol–water partition coefficient (Wildman–Crippen LogP) is 3.91. The summed E-state index contributed by atoms with van der Waals surface area (Å²) in [4.78, 5) is 23.2. The highest BCUT2D eigenvalue weighted by atomic mass is 32.1. The van der Waals surface area contributed by atoms with Crippen molar-refractivity contribution in [2.24, 2.45) is 5.41 Å². The second-order valence-electron chi connectivity index (χ2n) is 7.92. The molecule has 1 aromatic carbocycles. The number of aryl methyl sites for hydroxylation is 1. The molecule has 0 saturated carbocycles. The SMILES string of the molecule is CCOC(=O)C1(Cc2ccccc2C)CCCN(Cc2cnc(N(C)C)s2)C1. The highest BCUT2D eigenvalue weighted by Crippen LogP contribution is 2.37. The molecule has 1 aliphatic heterocycles. The molecule has 0 amide bonds. The van der Waals surface area contributed by atoms with E-state index in [0.29, 0.717) is 6.61 Å². The molecule has 6 heteroatoms. The number of rotatable bonds is 7. The molecule has 152 valence electrons. The Morgan fingerprint density at radius 1 is 1.36 bits per heavy atom. The van der Waals surface area contributed by atoms with Crippen LogP contribution in [0.2, 0.25) is 0 Å². The lowest BCUT2D eigenvalue weighted by atomic mass is 9.74. The lowest BCUT2D eigenvalue weighted by Gasteiger charge is -2.41. The molecule has 0 radical (unpaired) electrons. The van der Waals surface area contributed by atoms with E-state index in [-0.39, 0.29) is 5.97 Å². The first-order valence-electron chi connectivity index (χ1n) is 9.99. The van der Waals surface area contributed by atoms with E-state index in [1.807, 2.05) is 32.1 Å². The molecule has 2 heterocycles. The van der Waals surface area contributed by atoms with Crippen LogP contribution < -0.4 is 4.90 Å². The molecular formula is C22H31N3O2S. The molecule has 0 spiro atoms. The Bertz CT molecular complexity index is 805. The van der Waals surface area contributed by atoms with Crippen LogP contribution in [0, 0.1) is 12.3 Å². The first kappa shape index (κ1) is 20.8. The van der Waals surface area contributed by atoms with Gasteiger partial charge in [0.15, 0.2) is 5.13 Å². The van der Waals surface area contributed by atoms with E-state index in [0.717, 1.165) is 44.0 Å². The molecule has 1 aromatic heterocycles. The molecule has 3 rings (SSSR count). The van der Waals surface area contributed by atoms with E-state index in [2.05, 4.69) is 41.1 Å². The van der Waals surface area contributed by atoms with E-state index < -0.39 is 5.41 Å². The van der Waals surface area contributed by atoms with Crippen molar-refractivity contribution >= 4 is 22.4 Å². The van der Waals surface area contributed by atoms with Crippen LogP contribution in [0.25, 0.3) is 0 Å². The van der Waals surface area contributed by atoms with Crippen LogP contribution in [0.4, 0.5) is 5.13 Å². The number of thiazole rings is 1. The fourth-order valence-electron chi connectivity index (χ4n) is 4.00. The number of hydrogen-bond donors (Lipinski definition) is 0. The van der Waals surface area contributed by atoms with Gasteiger partial charge < -0.3 is 9.64 Å². The summed E-state index contributed by atoms with van der Waals surface area (Å²) in [6, 6.07) is 8.37. The van der Waals surface area contributed by atoms with Crippen molar-refractivity contribution in [2.45, 2.75) is 39.7 Å². The zero-order chi connectivity index (χ0) is 20.1. The lowest BCUT2D eigenvalue weighted by molar-refractivity contribution is -0.159. The molecule has 1 atom stereocenters. The van der Waals surface area contributed by atoms with Gasteiger partial charge in [0.05, 0.1) is 12.0 Å². The van der Waals surface area contributed by atoms with Gasteiger partial charge in [-0.15, -0.1) is 11.3 Å². The standard InChI is InChI=1S/C22H31N3O2S/c1-5-27-20(26)22(13-18-10-7-6-9-17(18)2)11-8-12-25(16-22)15-19-14-23-21(28-19)24(3)4/h6-7,9-10,14H,5,8,11-13,15-16H2,1-4H3. The minimum absolute atomic E-state index is 0.0544. The first-order chi connectivity index (χ1) is 13.4. The highest BCUT2D eigenvalue weighted by molar-refractivity contribution is 7.15. The van der Waals surface area contributed by atoms with Gasteiger partial charge in [-0.05, 0) is 50.8 Å². The molecule has 5 nitrogen and oxygen atoms in total. The van der Waals surface area contributed by atoms with Gasteiger partial charge in [0.25, 0.3) is 0 Å². The van der Waals surface area contributed by atoms with Crippen LogP contribution in [0.3, 0.4) is 0 Å². The van der Waals surface area contributed by atoms with Gasteiger partial charge in [0, 0.05) is 38.3 Å². The molecule has 1 unspecified atom stereocenters. The molecule has 0 N–H and O–H groups in total. The van der Waals surface area contributed by atoms with Crippen LogP contribution in [0.1, 0.15) is 35.8 Å². The van der Waals surface area contributed by atoms with Gasteiger partial charge in [-0.3, -0.25) is 9.69 Å². The number of hydrogen-bond acceptors (Lipinski definition) is 6. The summed E-state index contributed by atoms with van der Waals surface area (Å²) in [6.45, 7) is 7.00. The first-order valence-corrected chi connectivity index (χ1v) is 10.8. The molecule has 1 aliphatic rings. The van der Waals surface area contributed by atoms with Crippen LogP contribution in [-0.4, -0.2) is 49.6 Å². The molecule has 0 aliphatic carbocycles. The van der Waals surface area contributed by atoms with Crippen molar-refractivity contribution in [3.05, 3.63) is 46.5 Å². The minimum Gasteiger partial charge on any atom is -0.466 e. The Morgan fingerprint density at radius 2 is 2.14 bits per heavy atom. The predicted molar refractivity (Wildman–Crippen MR) is 115 cm³/mol. The zero-order valence-corrected chi connectivity index (χ0v) is 18.2. The maximum absolute atomic E-state index is 13.1. The summed E-state index contributed by atoms with van der Waals surface area (Å²) in [5.41, 5.74) is 2.00. The van der Waals surface area contributed by atoms with Crippen molar-refractivity contribution in [3.63, 3.8) is 0 Å². The number of piperidine rings is 1. The molecule has 0 bridgehead atoms. The Labute approximate surface area is 172 Å². The average molecular weight is 402 g/mol. The van der Waals surface area contributed by atoms with Crippen LogP contribution in [-0.2, 0) is 22.5 Å². The monoisotopic (exact) mass is 401 g/mol. The summed E-state index contributed by atoms with van der Waals surface area (Å²) in [5, 5.41) is 1.02. The highest BCUT2D eigenvalue weighted by Gasteiger charge is 2.43. The summed E-state index contributed by atoms with van der Waals surface area (Å²) in [5.74, 6) is -0.0544. The molecule has 1 fully saturated rings. The van der Waals surface area contributed by atoms with Gasteiger partial charge in [-0.2, -0.15) is 0 Å². The van der Waals surface area contributed by atoms with E-state index in [9.17, 15) is 4.79 Å². The minimum atomic E-state index is -0.477. The summed E-state index contributed by atoms with van der Waals surface area (Å²) in [6.07, 6.45) is 4.58. The van der Waals surface area contributed by atoms with Gasteiger partial charge in [0.2, 0.25) is 0 Å². The van der Waals surface area contributed by atoms with Gasteiger partial charge in [0.1, 0.15) is 0 Å². The number of benzene rings is 1. The van der Waals surface area contributed by atoms with Crippen molar-refractivity contribution in [1.29, 1.82) is 0 Å². The fraction of sp³-hybridized carbons (Fsp3) is 0.545. The van der Waals surface area contributed by atoms with Crippen LogP contribution in [0.5, 0.6) is 0 Å². The number of anilines is 1. The van der Waals surface area contributed by atoms with E-state index in [4.69, 9.17) is 4.74 Å². The smallest absolute Gasteiger partial charge is 0.313 e. The summed E-state index contributed by atoms with van der Waals surface area (Å²) >= 11 is 1.72. The Kier molecular flexibility index (Phi) is 6.73. The van der Waals surface area contributed by atoms with Gasteiger partial charge in [-0.1, -0.05) is 24.3 Å². The Hall–Kier alpha value is -1.92. The number of carbonyl (C=O) groups excluding carboxylic acids is 1. The molecule has 28 heavy (non-hydrogen) atoms. The van der Waals surface area contributed by atoms with Crippen molar-refractivity contribution in [3.8, 4) is 0 Å². The van der Waals surface area contributed by atoms with Crippen LogP contribution in [0.15, 0.2) is 30.5 Å². The van der Waals surface area contributed by atoms with Crippen molar-refractivity contribution in [1.82, 2.24) is 9.88 Å². The normalized spacial score (nSPS) is 20.1. The van der Waals surface area contributed by atoms with Crippen LogP contribution >= 0.6 is 11.3 Å². The zero-order valence-electron chi connectivity index (χ0n) is 17.4. The average Bonchev–Trinajstić information content (AvgIpc) is 3.13.